The fourth-order valence-electron chi connectivity index (χ4n) is 8.34. The second kappa shape index (κ2) is 5.23. The van der Waals surface area contributed by atoms with Crippen molar-refractivity contribution in [3.05, 3.63) is 11.6 Å². The van der Waals surface area contributed by atoms with Gasteiger partial charge in [0.15, 0.2) is 5.78 Å². The van der Waals surface area contributed by atoms with E-state index in [1.54, 1.807) is 0 Å². The third kappa shape index (κ3) is 1.85. The van der Waals surface area contributed by atoms with Crippen molar-refractivity contribution in [3.63, 3.8) is 0 Å². The number of carbonyl (C=O) groups excluding carboxylic acids is 2. The molecule has 0 bridgehead atoms. The quantitative estimate of drug-likeness (QED) is 0.591. The molecule has 5 rings (SSSR count). The molecule has 3 nitrogen and oxygen atoms in total. The first-order chi connectivity index (χ1) is 12.3. The van der Waals surface area contributed by atoms with E-state index in [4.69, 9.17) is 4.74 Å². The van der Waals surface area contributed by atoms with Crippen LogP contribution in [-0.4, -0.2) is 18.4 Å². The Morgan fingerprint density at radius 2 is 1.81 bits per heavy atom. The van der Waals surface area contributed by atoms with Crippen molar-refractivity contribution in [2.24, 2.45) is 39.9 Å². The zero-order valence-electron chi connectivity index (χ0n) is 16.5. The molecule has 0 aromatic rings. The minimum atomic E-state index is -0.206. The van der Waals surface area contributed by atoms with Gasteiger partial charge in [-0.05, 0) is 85.5 Å². The van der Waals surface area contributed by atoms with E-state index >= 15 is 0 Å². The van der Waals surface area contributed by atoms with E-state index in [1.165, 1.54) is 18.4 Å². The lowest BCUT2D eigenvalue weighted by molar-refractivity contribution is -0.158. The average molecular weight is 357 g/mol. The highest BCUT2D eigenvalue weighted by atomic mass is 16.5. The summed E-state index contributed by atoms with van der Waals surface area (Å²) < 4.78 is 5.50. The number of ketones is 1. The van der Waals surface area contributed by atoms with E-state index < -0.39 is 0 Å². The molecule has 0 N–H and O–H groups in total. The van der Waals surface area contributed by atoms with Crippen LogP contribution >= 0.6 is 0 Å². The summed E-state index contributed by atoms with van der Waals surface area (Å²) in [6.07, 6.45) is 10.3. The number of hydrogen-bond donors (Lipinski definition) is 0. The zero-order chi connectivity index (χ0) is 18.3. The molecule has 3 heteroatoms. The molecular formula is C23H32O3. The highest BCUT2D eigenvalue weighted by Gasteiger charge is 2.69. The Hall–Kier alpha value is -1.12. The van der Waals surface area contributed by atoms with Crippen molar-refractivity contribution in [1.29, 1.82) is 0 Å². The van der Waals surface area contributed by atoms with Crippen LogP contribution in [-0.2, 0) is 14.3 Å². The molecule has 0 amide bonds. The third-order valence-corrected chi connectivity index (χ3v) is 9.83. The normalized spacial score (nSPS) is 53.0. The van der Waals surface area contributed by atoms with Crippen LogP contribution in [0, 0.1) is 39.9 Å². The largest absolute Gasteiger partial charge is 0.465 e. The van der Waals surface area contributed by atoms with Crippen LogP contribution in [0.1, 0.15) is 72.1 Å². The van der Waals surface area contributed by atoms with Gasteiger partial charge in [-0.1, -0.05) is 26.3 Å². The van der Waals surface area contributed by atoms with Gasteiger partial charge in [-0.2, -0.15) is 0 Å². The summed E-state index contributed by atoms with van der Waals surface area (Å²) in [5.74, 6) is 3.05. The maximum Gasteiger partial charge on any atom is 0.312 e. The van der Waals surface area contributed by atoms with Crippen LogP contribution in [0.2, 0.25) is 0 Å². The van der Waals surface area contributed by atoms with E-state index in [0.717, 1.165) is 38.5 Å². The van der Waals surface area contributed by atoms with E-state index in [1.807, 2.05) is 6.08 Å². The number of rotatable bonds is 0. The second-order valence-electron chi connectivity index (χ2n) is 10.5. The van der Waals surface area contributed by atoms with Gasteiger partial charge in [0.25, 0.3) is 0 Å². The molecule has 0 radical (unpaired) electrons. The molecule has 26 heavy (non-hydrogen) atoms. The van der Waals surface area contributed by atoms with Crippen LogP contribution in [0.5, 0.6) is 0 Å². The molecule has 4 fully saturated rings. The molecule has 1 heterocycles. The number of carbonyl (C=O) groups is 2. The van der Waals surface area contributed by atoms with Gasteiger partial charge in [0.05, 0.1) is 12.0 Å². The Balaban J connectivity index is 1.55. The van der Waals surface area contributed by atoms with Gasteiger partial charge in [-0.25, -0.2) is 0 Å². The molecule has 1 aliphatic heterocycles. The SMILES string of the molecule is C[C@@H]1CC2=CC(=O)CCC2(C)[C@H]2CCC3(C)C(CC[C@]34CCOC4=O)C12. The minimum absolute atomic E-state index is 0.0967. The Morgan fingerprint density at radius 1 is 1.04 bits per heavy atom. The standard InChI is InChI=1S/C23H32O3/c1-14-12-15-13-16(24)4-7-21(15,2)17-5-8-22(3)18(19(14)17)6-9-23(22)10-11-26-20(23)25/h13-14,17-19H,4-12H2,1-3H3/t14-,17+,18?,19?,21?,22?,23-/m1/s1. The van der Waals surface area contributed by atoms with Gasteiger partial charge >= 0.3 is 5.97 Å². The minimum Gasteiger partial charge on any atom is -0.465 e. The fourth-order valence-corrected chi connectivity index (χ4v) is 8.34. The summed E-state index contributed by atoms with van der Waals surface area (Å²) in [4.78, 5) is 24.8. The molecule has 4 unspecified atom stereocenters. The molecule has 3 saturated carbocycles. The lowest BCUT2D eigenvalue weighted by atomic mass is 9.43. The van der Waals surface area contributed by atoms with Gasteiger partial charge in [-0.15, -0.1) is 0 Å². The Kier molecular flexibility index (Phi) is 3.42. The summed E-state index contributed by atoms with van der Waals surface area (Å²) in [5.41, 5.74) is 1.54. The summed E-state index contributed by atoms with van der Waals surface area (Å²) in [6.45, 7) is 7.88. The number of ether oxygens (including phenoxy) is 1. The van der Waals surface area contributed by atoms with E-state index in [2.05, 4.69) is 20.8 Å². The smallest absolute Gasteiger partial charge is 0.312 e. The van der Waals surface area contributed by atoms with E-state index in [9.17, 15) is 9.59 Å². The molecule has 1 spiro atoms. The Bertz CT molecular complexity index is 708. The van der Waals surface area contributed by atoms with Gasteiger partial charge in [-0.3, -0.25) is 9.59 Å². The Labute approximate surface area is 156 Å². The summed E-state index contributed by atoms with van der Waals surface area (Å²) in [5, 5.41) is 0. The van der Waals surface area contributed by atoms with Gasteiger partial charge in [0.1, 0.15) is 0 Å². The van der Waals surface area contributed by atoms with Crippen LogP contribution in [0.4, 0.5) is 0 Å². The molecule has 1 saturated heterocycles. The first-order valence-corrected chi connectivity index (χ1v) is 10.7. The van der Waals surface area contributed by atoms with Gasteiger partial charge < -0.3 is 4.74 Å². The van der Waals surface area contributed by atoms with Crippen molar-refractivity contribution in [2.75, 3.05) is 6.61 Å². The lowest BCUT2D eigenvalue weighted by Gasteiger charge is -2.61. The van der Waals surface area contributed by atoms with E-state index in [0.29, 0.717) is 36.1 Å². The number of cyclic esters (lactones) is 1. The lowest BCUT2D eigenvalue weighted by Crippen LogP contribution is -2.55. The Morgan fingerprint density at radius 3 is 2.54 bits per heavy atom. The van der Waals surface area contributed by atoms with Gasteiger partial charge in [0, 0.05) is 6.42 Å². The fraction of sp³-hybridized carbons (Fsp3) is 0.826. The van der Waals surface area contributed by atoms with Crippen molar-refractivity contribution < 1.29 is 14.3 Å². The van der Waals surface area contributed by atoms with Crippen LogP contribution in [0.25, 0.3) is 0 Å². The molecule has 5 aliphatic rings. The van der Waals surface area contributed by atoms with Crippen molar-refractivity contribution in [2.45, 2.75) is 72.1 Å². The molecule has 7 atom stereocenters. The van der Waals surface area contributed by atoms with Crippen molar-refractivity contribution >= 4 is 11.8 Å². The molecule has 4 aliphatic carbocycles. The van der Waals surface area contributed by atoms with Crippen LogP contribution in [0.3, 0.4) is 0 Å². The highest BCUT2D eigenvalue weighted by Crippen LogP contribution is 2.72. The topological polar surface area (TPSA) is 43.4 Å². The third-order valence-electron chi connectivity index (χ3n) is 9.83. The monoisotopic (exact) mass is 356 g/mol. The predicted molar refractivity (Wildman–Crippen MR) is 99.3 cm³/mol. The second-order valence-corrected chi connectivity index (χ2v) is 10.5. The molecule has 142 valence electrons. The predicted octanol–water partition coefficient (Wildman–Crippen LogP) is 4.70. The zero-order valence-corrected chi connectivity index (χ0v) is 16.5. The molecule has 0 aromatic heterocycles. The first-order valence-electron chi connectivity index (χ1n) is 10.7. The maximum atomic E-state index is 12.8. The van der Waals surface area contributed by atoms with Crippen LogP contribution < -0.4 is 0 Å². The summed E-state index contributed by atoms with van der Waals surface area (Å²) >= 11 is 0. The van der Waals surface area contributed by atoms with Crippen LogP contribution in [0.15, 0.2) is 11.6 Å². The number of fused-ring (bicyclic) bond motifs is 6. The number of hydrogen-bond acceptors (Lipinski definition) is 3. The van der Waals surface area contributed by atoms with Crippen molar-refractivity contribution in [3.8, 4) is 0 Å². The molecular weight excluding hydrogens is 324 g/mol. The summed E-state index contributed by atoms with van der Waals surface area (Å²) in [7, 11) is 0. The van der Waals surface area contributed by atoms with E-state index in [-0.39, 0.29) is 22.2 Å². The number of allylic oxidation sites excluding steroid dienone is 1. The van der Waals surface area contributed by atoms with Gasteiger partial charge in [0.2, 0.25) is 0 Å². The number of esters is 1. The molecule has 0 aromatic carbocycles. The average Bonchev–Trinajstić information content (AvgIpc) is 3.12. The summed E-state index contributed by atoms with van der Waals surface area (Å²) in [6, 6.07) is 0. The highest BCUT2D eigenvalue weighted by molar-refractivity contribution is 5.91. The van der Waals surface area contributed by atoms with Crippen molar-refractivity contribution in [1.82, 2.24) is 0 Å². The maximum absolute atomic E-state index is 12.8. The first kappa shape index (κ1) is 17.0.